The van der Waals surface area contributed by atoms with Crippen molar-refractivity contribution in [2.24, 2.45) is 11.8 Å². The molecule has 1 aliphatic heterocycles. The van der Waals surface area contributed by atoms with E-state index in [2.05, 4.69) is 11.9 Å². The molecule has 1 aromatic rings. The van der Waals surface area contributed by atoms with E-state index >= 15 is 0 Å². The van der Waals surface area contributed by atoms with E-state index < -0.39 is 5.97 Å². The van der Waals surface area contributed by atoms with Gasteiger partial charge in [0.25, 0.3) is 0 Å². The molecule has 30 heavy (non-hydrogen) atoms. The third-order valence-corrected chi connectivity index (χ3v) is 6.77. The van der Waals surface area contributed by atoms with E-state index in [1.54, 1.807) is 6.08 Å². The van der Waals surface area contributed by atoms with Gasteiger partial charge in [0.05, 0.1) is 6.10 Å². The normalized spacial score (nSPS) is 28.4. The van der Waals surface area contributed by atoms with Crippen LogP contribution in [0.1, 0.15) is 80.4 Å². The molecule has 0 aromatic carbocycles. The van der Waals surface area contributed by atoms with Crippen LogP contribution in [0.2, 0.25) is 0 Å². The molecule has 1 N–H and O–H groups in total. The minimum absolute atomic E-state index is 0.0346. The summed E-state index contributed by atoms with van der Waals surface area (Å²) in [4.78, 5) is 39.1. The fourth-order valence-electron chi connectivity index (χ4n) is 4.42. The first-order valence-electron chi connectivity index (χ1n) is 10.6. The molecular formula is C22H29NO6S. The molecular weight excluding hydrogens is 406 g/mol. The van der Waals surface area contributed by atoms with Crippen molar-refractivity contribution in [3.8, 4) is 0 Å². The number of carbonyl (C=O) groups is 3. The van der Waals surface area contributed by atoms with Crippen LogP contribution in [0, 0.1) is 11.8 Å². The number of aromatic nitrogens is 1. The lowest BCUT2D eigenvalue weighted by atomic mass is 9.86. The Morgan fingerprint density at radius 2 is 2.13 bits per heavy atom. The van der Waals surface area contributed by atoms with Crippen LogP contribution in [0.5, 0.6) is 0 Å². The molecule has 3 rings (SSSR count). The summed E-state index contributed by atoms with van der Waals surface area (Å²) in [6, 6.07) is 0. The van der Waals surface area contributed by atoms with Crippen LogP contribution in [-0.4, -0.2) is 40.0 Å². The van der Waals surface area contributed by atoms with Crippen molar-refractivity contribution < 1.29 is 29.0 Å². The molecule has 2 fully saturated rings. The number of carboxylic acids is 1. The number of ketones is 1. The number of hydrogen-bond donors (Lipinski definition) is 1. The Bertz CT molecular complexity index is 803. The highest BCUT2D eigenvalue weighted by Gasteiger charge is 2.48. The molecule has 1 saturated carbocycles. The lowest BCUT2D eigenvalue weighted by Crippen LogP contribution is -2.30. The van der Waals surface area contributed by atoms with Gasteiger partial charge in [-0.2, -0.15) is 0 Å². The zero-order valence-electron chi connectivity index (χ0n) is 17.4. The van der Waals surface area contributed by atoms with Gasteiger partial charge in [0.2, 0.25) is 0 Å². The highest BCUT2D eigenvalue weighted by molar-refractivity contribution is 7.09. The van der Waals surface area contributed by atoms with Gasteiger partial charge in [0.15, 0.2) is 11.5 Å². The van der Waals surface area contributed by atoms with Crippen molar-refractivity contribution in [2.45, 2.75) is 77.1 Å². The molecule has 8 heteroatoms. The number of carbonyl (C=O) groups excluding carboxylic acids is 2. The van der Waals surface area contributed by atoms with Crippen LogP contribution < -0.4 is 0 Å². The van der Waals surface area contributed by atoms with E-state index in [9.17, 15) is 14.4 Å². The van der Waals surface area contributed by atoms with E-state index in [1.165, 1.54) is 23.6 Å². The largest absolute Gasteiger partial charge is 0.476 e. The molecule has 7 nitrogen and oxygen atoms in total. The zero-order chi connectivity index (χ0) is 21.7. The maximum atomic E-state index is 12.2. The number of carboxylic acid groups (broad SMARTS) is 1. The predicted molar refractivity (Wildman–Crippen MR) is 111 cm³/mol. The van der Waals surface area contributed by atoms with E-state index in [0.717, 1.165) is 32.1 Å². The monoisotopic (exact) mass is 435 g/mol. The van der Waals surface area contributed by atoms with Crippen molar-refractivity contribution in [3.05, 3.63) is 28.2 Å². The number of rotatable bonds is 9. The lowest BCUT2D eigenvalue weighted by Gasteiger charge is -2.33. The second-order valence-corrected chi connectivity index (χ2v) is 8.91. The molecule has 2 aliphatic rings. The van der Waals surface area contributed by atoms with Crippen molar-refractivity contribution in [2.75, 3.05) is 0 Å². The quantitative estimate of drug-likeness (QED) is 0.350. The molecule has 1 aromatic heterocycles. The molecule has 5 atom stereocenters. The van der Waals surface area contributed by atoms with Crippen molar-refractivity contribution in [1.82, 2.24) is 4.98 Å². The summed E-state index contributed by atoms with van der Waals surface area (Å²) in [5.74, 6) is -1.18. The molecule has 0 bridgehead atoms. The van der Waals surface area contributed by atoms with Gasteiger partial charge in [0.1, 0.15) is 17.2 Å². The number of ether oxygens (including phenoxy) is 2. The molecule has 1 saturated heterocycles. The average Bonchev–Trinajstić information content (AvgIpc) is 3.30. The van der Waals surface area contributed by atoms with Crippen LogP contribution in [0.3, 0.4) is 0 Å². The van der Waals surface area contributed by atoms with Gasteiger partial charge in [-0.25, -0.2) is 9.78 Å². The molecule has 0 radical (unpaired) electrons. The van der Waals surface area contributed by atoms with E-state index in [4.69, 9.17) is 14.6 Å². The summed E-state index contributed by atoms with van der Waals surface area (Å²) in [6.45, 7) is 3.50. The minimum Gasteiger partial charge on any atom is -0.476 e. The molecule has 0 spiro atoms. The lowest BCUT2D eigenvalue weighted by molar-refractivity contribution is -0.147. The zero-order valence-corrected chi connectivity index (χ0v) is 18.2. The van der Waals surface area contributed by atoms with Gasteiger partial charge in [-0.05, 0) is 31.3 Å². The van der Waals surface area contributed by atoms with Gasteiger partial charge in [0, 0.05) is 31.1 Å². The maximum absolute atomic E-state index is 12.2. The second-order valence-electron chi connectivity index (χ2n) is 8.02. The number of allylic oxidation sites excluding steroid dienone is 1. The third kappa shape index (κ3) is 5.55. The highest BCUT2D eigenvalue weighted by atomic mass is 32.1. The minimum atomic E-state index is -1.05. The molecule has 0 unspecified atom stereocenters. The Morgan fingerprint density at radius 1 is 1.33 bits per heavy atom. The number of fused-ring (bicyclic) bond motifs is 1. The summed E-state index contributed by atoms with van der Waals surface area (Å²) in [7, 11) is 0. The van der Waals surface area contributed by atoms with E-state index in [0.29, 0.717) is 17.8 Å². The van der Waals surface area contributed by atoms with Crippen molar-refractivity contribution in [3.63, 3.8) is 0 Å². The van der Waals surface area contributed by atoms with E-state index in [1.807, 2.05) is 6.08 Å². The molecule has 164 valence electrons. The fraction of sp³-hybridized carbons (Fsp3) is 0.636. The first-order valence-corrected chi connectivity index (χ1v) is 11.5. The van der Waals surface area contributed by atoms with Crippen LogP contribution in [0.4, 0.5) is 0 Å². The van der Waals surface area contributed by atoms with Crippen molar-refractivity contribution >= 4 is 29.1 Å². The SMILES string of the molecule is CCCCCC(=O)/C=C/[C@@H]1[C@H]2CC[C@H](c3nc(C(=O)O)cs3)O[C@H]2C[C@H]1OC(C)=O. The number of esters is 1. The molecule has 1 aliphatic carbocycles. The summed E-state index contributed by atoms with van der Waals surface area (Å²) >= 11 is 1.29. The van der Waals surface area contributed by atoms with Gasteiger partial charge in [-0.15, -0.1) is 11.3 Å². The number of aromatic carboxylic acids is 1. The Labute approximate surface area is 180 Å². The topological polar surface area (TPSA) is 103 Å². The first kappa shape index (κ1) is 22.6. The summed E-state index contributed by atoms with van der Waals surface area (Å²) in [5.41, 5.74) is 0.0346. The van der Waals surface area contributed by atoms with Crippen LogP contribution in [-0.2, 0) is 19.1 Å². The standard InChI is InChI=1S/C22H29NO6S/c1-3-4-5-6-14(25)7-8-15-16-9-10-18(21-23-17(12-30-21)22(26)27)29-20(16)11-19(15)28-13(2)24/h7-8,12,15-16,18-20H,3-6,9-11H2,1-2H3,(H,26,27)/b8-7+/t15-,16-,18-,19-,20+/m1/s1. The smallest absolute Gasteiger partial charge is 0.355 e. The van der Waals surface area contributed by atoms with E-state index in [-0.39, 0.29) is 47.6 Å². The number of unbranched alkanes of at least 4 members (excludes halogenated alkanes) is 2. The first-order chi connectivity index (χ1) is 14.4. The van der Waals surface area contributed by atoms with Gasteiger partial charge >= 0.3 is 11.9 Å². The van der Waals surface area contributed by atoms with Crippen LogP contribution in [0.25, 0.3) is 0 Å². The van der Waals surface area contributed by atoms with Crippen LogP contribution >= 0.6 is 11.3 Å². The molecule has 2 heterocycles. The maximum Gasteiger partial charge on any atom is 0.355 e. The average molecular weight is 436 g/mol. The molecule has 0 amide bonds. The predicted octanol–water partition coefficient (Wildman–Crippen LogP) is 4.33. The third-order valence-electron chi connectivity index (χ3n) is 5.83. The number of thiazole rings is 1. The second kappa shape index (κ2) is 10.3. The highest BCUT2D eigenvalue weighted by Crippen LogP contribution is 2.47. The van der Waals surface area contributed by atoms with Crippen molar-refractivity contribution in [1.29, 1.82) is 0 Å². The fourth-order valence-corrected chi connectivity index (χ4v) is 5.28. The van der Waals surface area contributed by atoms with Crippen LogP contribution in [0.15, 0.2) is 17.5 Å². The number of nitrogens with zero attached hydrogens (tertiary/aromatic N) is 1. The Kier molecular flexibility index (Phi) is 7.77. The Balaban J connectivity index is 1.67. The van der Waals surface area contributed by atoms with Gasteiger partial charge < -0.3 is 14.6 Å². The Morgan fingerprint density at radius 3 is 2.80 bits per heavy atom. The number of hydrogen-bond acceptors (Lipinski definition) is 7. The summed E-state index contributed by atoms with van der Waals surface area (Å²) < 4.78 is 11.8. The Hall–Kier alpha value is -2.06. The summed E-state index contributed by atoms with van der Waals surface area (Å²) in [5, 5.41) is 11.3. The van der Waals surface area contributed by atoms with Gasteiger partial charge in [-0.3, -0.25) is 9.59 Å². The van der Waals surface area contributed by atoms with Gasteiger partial charge in [-0.1, -0.05) is 25.8 Å². The summed E-state index contributed by atoms with van der Waals surface area (Å²) in [6.07, 6.45) is 8.53.